The van der Waals surface area contributed by atoms with Gasteiger partial charge in [0.15, 0.2) is 5.78 Å². The molecule has 4 aromatic rings. The Labute approximate surface area is 339 Å². The maximum absolute atomic E-state index is 13.7. The van der Waals surface area contributed by atoms with Crippen molar-refractivity contribution in [3.63, 3.8) is 0 Å². The highest BCUT2D eigenvalue weighted by molar-refractivity contribution is 6.13. The van der Waals surface area contributed by atoms with Crippen molar-refractivity contribution in [3.05, 3.63) is 98.6 Å². The van der Waals surface area contributed by atoms with Crippen LogP contribution in [0.3, 0.4) is 0 Å². The van der Waals surface area contributed by atoms with Gasteiger partial charge in [0, 0.05) is 59.6 Å². The number of carbonyl (C=O) groups is 2. The number of hydrogen-bond donors (Lipinski definition) is 2. The van der Waals surface area contributed by atoms with E-state index < -0.39 is 0 Å². The molecule has 2 aliphatic heterocycles. The Bertz CT molecular complexity index is 2500. The van der Waals surface area contributed by atoms with Crippen LogP contribution >= 0.6 is 0 Å². The quantitative estimate of drug-likeness (QED) is 0.0735. The number of fused-ring (bicyclic) bond motifs is 8. The van der Waals surface area contributed by atoms with E-state index in [4.69, 9.17) is 33.7 Å². The molecule has 0 amide bonds. The number of ether oxygens (including phenoxy) is 5. The molecule has 0 spiro atoms. The normalized spacial score (nSPS) is 15.8. The Morgan fingerprint density at radius 3 is 2.34 bits per heavy atom. The topological polar surface area (TPSA) is 138 Å². The number of para-hydroxylation sites is 1. The summed E-state index contributed by atoms with van der Waals surface area (Å²) in [6.45, 7) is 13.3. The molecule has 0 saturated carbocycles. The van der Waals surface area contributed by atoms with Crippen molar-refractivity contribution in [1.29, 1.82) is 0 Å². The van der Waals surface area contributed by atoms with Gasteiger partial charge in [-0.05, 0) is 86.2 Å². The van der Waals surface area contributed by atoms with Crippen LogP contribution in [0.2, 0.25) is 0 Å². The van der Waals surface area contributed by atoms with Gasteiger partial charge in [-0.2, -0.15) is 0 Å². The Hall–Kier alpha value is -5.54. The number of aryl methyl sites for hydroxylation is 2. The van der Waals surface area contributed by atoms with Gasteiger partial charge in [0.1, 0.15) is 12.4 Å². The number of esters is 1. The number of allylic oxidation sites excluding steroid dienone is 2. The zero-order valence-corrected chi connectivity index (χ0v) is 34.5. The third-order valence-electron chi connectivity index (χ3n) is 11.5. The maximum atomic E-state index is 13.7. The van der Waals surface area contributed by atoms with Crippen LogP contribution in [-0.4, -0.2) is 85.5 Å². The second-order valence-electron chi connectivity index (χ2n) is 15.0. The van der Waals surface area contributed by atoms with Crippen molar-refractivity contribution in [2.24, 2.45) is 0 Å². The van der Waals surface area contributed by atoms with Crippen molar-refractivity contribution in [2.45, 2.75) is 72.1 Å². The average molecular weight is 785 g/mol. The van der Waals surface area contributed by atoms with Crippen LogP contribution in [0.5, 0.6) is 5.75 Å². The summed E-state index contributed by atoms with van der Waals surface area (Å²) in [5.74, 6) is 7.26. The summed E-state index contributed by atoms with van der Waals surface area (Å²) in [7, 11) is 3.06. The number of hydrogen-bond acceptors (Lipinski definition) is 9. The summed E-state index contributed by atoms with van der Waals surface area (Å²) in [5, 5.41) is 0. The minimum absolute atomic E-state index is 0.0295. The first-order valence-electron chi connectivity index (χ1n) is 20.1. The Morgan fingerprint density at radius 1 is 0.862 bits per heavy atom. The molecule has 58 heavy (non-hydrogen) atoms. The maximum Gasteiger partial charge on any atom is 0.305 e. The SMILES string of the molecule is CCC1=C(C)c2cc3[nH]c(cc4nc(c5c6[nH]c(cc1n2)c(C)c6C(=O)C5)[C@@H](CCC(=O)OC)[C@@H]4C)c(C)c3C#Cc1ccccc1OCCOCCOCCOC. The van der Waals surface area contributed by atoms with E-state index in [2.05, 4.69) is 67.7 Å². The molecule has 0 saturated heterocycles. The molecule has 0 fully saturated rings. The number of aromatic nitrogens is 4. The highest BCUT2D eigenvalue weighted by atomic mass is 16.6. The van der Waals surface area contributed by atoms with E-state index in [0.29, 0.717) is 57.4 Å². The number of aromatic amines is 2. The van der Waals surface area contributed by atoms with Crippen LogP contribution in [0.1, 0.15) is 113 Å². The first kappa shape index (κ1) is 40.6. The summed E-state index contributed by atoms with van der Waals surface area (Å²) >= 11 is 0. The largest absolute Gasteiger partial charge is 0.490 e. The second kappa shape index (κ2) is 17.9. The molecule has 1 aromatic carbocycles. The van der Waals surface area contributed by atoms with Gasteiger partial charge >= 0.3 is 5.97 Å². The van der Waals surface area contributed by atoms with Crippen molar-refractivity contribution < 1.29 is 33.3 Å². The minimum Gasteiger partial charge on any atom is -0.490 e. The lowest BCUT2D eigenvalue weighted by molar-refractivity contribution is -0.140. The molecule has 11 heteroatoms. The fourth-order valence-electron chi connectivity index (χ4n) is 8.18. The fourth-order valence-corrected chi connectivity index (χ4v) is 8.18. The van der Waals surface area contributed by atoms with Gasteiger partial charge in [-0.15, -0.1) is 0 Å². The van der Waals surface area contributed by atoms with Crippen LogP contribution in [0, 0.1) is 25.7 Å². The third kappa shape index (κ3) is 8.23. The number of H-pyrrole nitrogens is 2. The van der Waals surface area contributed by atoms with Crippen LogP contribution in [0.25, 0.3) is 33.2 Å². The molecular formula is C47H52N4O7. The summed E-state index contributed by atoms with van der Waals surface area (Å²) in [6.07, 6.45) is 1.85. The van der Waals surface area contributed by atoms with E-state index in [9.17, 15) is 9.59 Å². The molecule has 11 nitrogen and oxygen atoms in total. The molecule has 0 radical (unpaired) electrons. The fraction of sp³-hybridized carbons (Fsp3) is 0.404. The van der Waals surface area contributed by atoms with E-state index in [1.165, 1.54) is 7.11 Å². The van der Waals surface area contributed by atoms with Gasteiger partial charge in [-0.3, -0.25) is 14.6 Å². The molecule has 302 valence electrons. The van der Waals surface area contributed by atoms with Crippen LogP contribution < -0.4 is 4.74 Å². The van der Waals surface area contributed by atoms with Gasteiger partial charge in [0.2, 0.25) is 0 Å². The summed E-state index contributed by atoms with van der Waals surface area (Å²) in [6, 6.07) is 14.0. The van der Waals surface area contributed by atoms with Crippen LogP contribution in [0.4, 0.5) is 0 Å². The molecule has 8 bridgehead atoms. The zero-order valence-electron chi connectivity index (χ0n) is 34.5. The summed E-state index contributed by atoms with van der Waals surface area (Å²) in [5.41, 5.74) is 14.2. The molecule has 3 aliphatic rings. The Morgan fingerprint density at radius 2 is 1.59 bits per heavy atom. The number of ketones is 1. The lowest BCUT2D eigenvalue weighted by Gasteiger charge is -2.16. The lowest BCUT2D eigenvalue weighted by atomic mass is 9.85. The van der Waals surface area contributed by atoms with E-state index in [1.807, 2.05) is 31.2 Å². The highest BCUT2D eigenvalue weighted by Gasteiger charge is 2.36. The van der Waals surface area contributed by atoms with Crippen molar-refractivity contribution in [3.8, 4) is 17.6 Å². The monoisotopic (exact) mass is 784 g/mol. The van der Waals surface area contributed by atoms with Gasteiger partial charge in [0.25, 0.3) is 0 Å². The summed E-state index contributed by atoms with van der Waals surface area (Å²) in [4.78, 5) is 43.9. The second-order valence-corrected chi connectivity index (χ2v) is 15.0. The van der Waals surface area contributed by atoms with Crippen molar-refractivity contribution >= 4 is 45.0 Å². The molecular weight excluding hydrogens is 733 g/mol. The minimum atomic E-state index is -0.269. The zero-order chi connectivity index (χ0) is 40.9. The number of Topliss-reactive ketones (excluding diaryl/α,β-unsaturated/α-hetero) is 1. The van der Waals surface area contributed by atoms with Gasteiger partial charge < -0.3 is 33.7 Å². The smallest absolute Gasteiger partial charge is 0.305 e. The van der Waals surface area contributed by atoms with Gasteiger partial charge in [-0.25, -0.2) is 4.98 Å². The van der Waals surface area contributed by atoms with Crippen molar-refractivity contribution in [1.82, 2.24) is 19.9 Å². The number of nitrogens with one attached hydrogen (secondary N) is 2. The van der Waals surface area contributed by atoms with E-state index in [0.717, 1.165) is 90.2 Å². The highest BCUT2D eigenvalue weighted by Crippen LogP contribution is 2.44. The first-order chi connectivity index (χ1) is 28.1. The van der Waals surface area contributed by atoms with E-state index >= 15 is 0 Å². The number of benzene rings is 1. The Balaban J connectivity index is 1.35. The predicted octanol–water partition coefficient (Wildman–Crippen LogP) is 8.31. The van der Waals surface area contributed by atoms with Gasteiger partial charge in [0.05, 0.1) is 79.4 Å². The number of nitrogens with zero attached hydrogens (tertiary/aromatic N) is 2. The first-order valence-corrected chi connectivity index (χ1v) is 20.1. The molecule has 3 aromatic heterocycles. The Kier molecular flexibility index (Phi) is 12.6. The molecule has 2 atom stereocenters. The van der Waals surface area contributed by atoms with Gasteiger partial charge in [-0.1, -0.05) is 37.8 Å². The molecule has 0 unspecified atom stereocenters. The lowest BCUT2D eigenvalue weighted by Crippen LogP contribution is -2.12. The molecule has 2 N–H and O–H groups in total. The predicted molar refractivity (Wildman–Crippen MR) is 225 cm³/mol. The number of carbonyl (C=O) groups excluding carboxylic acids is 2. The number of methoxy groups -OCH3 is 2. The third-order valence-corrected chi connectivity index (χ3v) is 11.5. The van der Waals surface area contributed by atoms with E-state index in [-0.39, 0.29) is 36.4 Å². The molecule has 1 aliphatic carbocycles. The standard InChI is InChI=1S/C47H52N4O7/c1-8-32-27(2)37-25-41-33(14-13-31-11-9-10-12-43(31)58-22-21-57-20-19-56-18-17-54-6)28(3)36(49-41)24-38-29(4)34(15-16-44(53)55-7)46(50-38)35-23-42(52)45-30(5)39(51-47(35)45)26-40(32)48-37/h9-12,24-26,29,34,49,51H,8,15-23H2,1-7H3/t29-,34-/m0/s1. The summed E-state index contributed by atoms with van der Waals surface area (Å²) < 4.78 is 27.3. The molecule has 7 rings (SSSR count). The van der Waals surface area contributed by atoms with E-state index in [1.54, 1.807) is 7.11 Å². The molecule has 5 heterocycles. The number of rotatable bonds is 14. The van der Waals surface area contributed by atoms with Crippen LogP contribution in [-0.2, 0) is 30.2 Å². The van der Waals surface area contributed by atoms with Crippen molar-refractivity contribution in [2.75, 3.05) is 53.9 Å². The van der Waals surface area contributed by atoms with Crippen LogP contribution in [0.15, 0.2) is 42.5 Å². The average Bonchev–Trinajstić information content (AvgIpc) is 3.98.